The highest BCUT2D eigenvalue weighted by molar-refractivity contribution is 5.77. The number of fused-ring (bicyclic) bond motifs is 1. The summed E-state index contributed by atoms with van der Waals surface area (Å²) in [6.45, 7) is 3.70. The molecule has 0 nitrogen and oxygen atoms in total. The molecule has 0 fully saturated rings. The fourth-order valence-electron chi connectivity index (χ4n) is 2.31. The van der Waals surface area contributed by atoms with Crippen molar-refractivity contribution in [1.29, 1.82) is 0 Å². The highest BCUT2D eigenvalue weighted by Gasteiger charge is 2.37. The third kappa shape index (κ3) is 1.99. The lowest BCUT2D eigenvalue weighted by atomic mass is 9.85. The number of allylic oxidation sites excluding steroid dienone is 2. The summed E-state index contributed by atoms with van der Waals surface area (Å²) in [5, 5.41) is 0. The molecule has 0 saturated carbocycles. The van der Waals surface area contributed by atoms with Gasteiger partial charge < -0.3 is 0 Å². The third-order valence-electron chi connectivity index (χ3n) is 2.98. The van der Waals surface area contributed by atoms with Gasteiger partial charge in [0, 0.05) is 6.08 Å². The van der Waals surface area contributed by atoms with Crippen LogP contribution in [0.3, 0.4) is 0 Å². The first kappa shape index (κ1) is 11.2. The van der Waals surface area contributed by atoms with Gasteiger partial charge in [0.1, 0.15) is 0 Å². The van der Waals surface area contributed by atoms with Gasteiger partial charge in [-0.05, 0) is 28.5 Å². The van der Waals surface area contributed by atoms with Crippen molar-refractivity contribution in [3.05, 3.63) is 41.5 Å². The van der Waals surface area contributed by atoms with Crippen LogP contribution < -0.4 is 0 Å². The summed E-state index contributed by atoms with van der Waals surface area (Å²) in [5.74, 6) is 0. The molecular formula is C13H13F3. The molecule has 1 aromatic carbocycles. The molecule has 0 saturated heterocycles. The number of rotatable bonds is 0. The van der Waals surface area contributed by atoms with Gasteiger partial charge in [-0.1, -0.05) is 38.1 Å². The summed E-state index contributed by atoms with van der Waals surface area (Å²) in [6, 6.07) is 7.31. The number of hydrogen-bond donors (Lipinski definition) is 0. The monoisotopic (exact) mass is 226 g/mol. The maximum atomic E-state index is 12.5. The molecule has 0 atom stereocenters. The summed E-state index contributed by atoms with van der Waals surface area (Å²) in [5.41, 5.74) is 1.71. The molecule has 0 radical (unpaired) electrons. The van der Waals surface area contributed by atoms with Gasteiger partial charge in [0.2, 0.25) is 0 Å². The fourth-order valence-corrected chi connectivity index (χ4v) is 2.31. The van der Waals surface area contributed by atoms with E-state index in [4.69, 9.17) is 0 Å². The van der Waals surface area contributed by atoms with Gasteiger partial charge in [-0.25, -0.2) is 0 Å². The second-order valence-electron chi connectivity index (χ2n) is 4.82. The first-order chi connectivity index (χ1) is 7.30. The summed E-state index contributed by atoms with van der Waals surface area (Å²) >= 11 is 0. The quantitative estimate of drug-likeness (QED) is 0.621. The minimum absolute atomic E-state index is 0.399. The van der Waals surface area contributed by atoms with Crippen LogP contribution in [0.15, 0.2) is 30.3 Å². The van der Waals surface area contributed by atoms with Gasteiger partial charge in [-0.2, -0.15) is 13.2 Å². The number of alkyl halides is 3. The Morgan fingerprint density at radius 2 is 1.81 bits per heavy atom. The van der Waals surface area contributed by atoms with Crippen molar-refractivity contribution in [1.82, 2.24) is 0 Å². The van der Waals surface area contributed by atoms with E-state index in [1.807, 2.05) is 26.0 Å². The molecule has 0 bridgehead atoms. The van der Waals surface area contributed by atoms with Crippen LogP contribution >= 0.6 is 0 Å². The smallest absolute Gasteiger partial charge is 0.167 e. The first-order valence-corrected chi connectivity index (χ1v) is 5.18. The van der Waals surface area contributed by atoms with Crippen molar-refractivity contribution in [3.8, 4) is 0 Å². The largest absolute Gasteiger partial charge is 0.410 e. The molecule has 0 aliphatic heterocycles. The maximum Gasteiger partial charge on any atom is 0.410 e. The highest BCUT2D eigenvalue weighted by Crippen LogP contribution is 2.47. The number of benzene rings is 1. The van der Waals surface area contributed by atoms with Gasteiger partial charge in [0.05, 0.1) is 0 Å². The fraction of sp³-hybridized carbons (Fsp3) is 0.385. The van der Waals surface area contributed by atoms with Crippen LogP contribution in [0.25, 0.3) is 5.57 Å². The molecule has 0 amide bonds. The lowest BCUT2D eigenvalue weighted by Gasteiger charge is -2.20. The Hall–Kier alpha value is -1.25. The molecule has 1 aromatic rings. The van der Waals surface area contributed by atoms with E-state index in [1.165, 1.54) is 0 Å². The van der Waals surface area contributed by atoms with Crippen molar-refractivity contribution in [2.24, 2.45) is 5.41 Å². The third-order valence-corrected chi connectivity index (χ3v) is 2.98. The van der Waals surface area contributed by atoms with Crippen LogP contribution in [0.1, 0.15) is 25.0 Å². The average Bonchev–Trinajstić information content (AvgIpc) is 2.36. The van der Waals surface area contributed by atoms with E-state index in [1.54, 1.807) is 12.1 Å². The number of hydrogen-bond acceptors (Lipinski definition) is 0. The van der Waals surface area contributed by atoms with E-state index in [0.717, 1.165) is 11.1 Å². The van der Waals surface area contributed by atoms with Gasteiger partial charge in [0.25, 0.3) is 0 Å². The van der Waals surface area contributed by atoms with Crippen molar-refractivity contribution in [2.75, 3.05) is 0 Å². The zero-order valence-electron chi connectivity index (χ0n) is 9.23. The van der Waals surface area contributed by atoms with Crippen LogP contribution in [-0.4, -0.2) is 6.18 Å². The van der Waals surface area contributed by atoms with Gasteiger partial charge in [-0.15, -0.1) is 0 Å². The molecule has 2 rings (SSSR count). The SMILES string of the molecule is CC1(C)Cc2ccccc2/C1=C\C(F)(F)F. The van der Waals surface area contributed by atoms with E-state index in [9.17, 15) is 13.2 Å². The molecule has 1 aliphatic carbocycles. The highest BCUT2D eigenvalue weighted by atomic mass is 19.4. The Morgan fingerprint density at radius 1 is 1.19 bits per heavy atom. The predicted molar refractivity (Wildman–Crippen MR) is 58.0 cm³/mol. The lowest BCUT2D eigenvalue weighted by Crippen LogP contribution is -2.13. The molecule has 3 heteroatoms. The molecule has 0 unspecified atom stereocenters. The van der Waals surface area contributed by atoms with E-state index < -0.39 is 11.6 Å². The van der Waals surface area contributed by atoms with Crippen LogP contribution in [0.2, 0.25) is 0 Å². The van der Waals surface area contributed by atoms with Crippen LogP contribution in [0.4, 0.5) is 13.2 Å². The molecule has 86 valence electrons. The van der Waals surface area contributed by atoms with Crippen molar-refractivity contribution < 1.29 is 13.2 Å². The topological polar surface area (TPSA) is 0 Å². The van der Waals surface area contributed by atoms with Crippen molar-refractivity contribution >= 4 is 5.57 Å². The lowest BCUT2D eigenvalue weighted by molar-refractivity contribution is -0.0797. The van der Waals surface area contributed by atoms with Gasteiger partial charge in [0.15, 0.2) is 0 Å². The zero-order valence-corrected chi connectivity index (χ0v) is 9.23. The minimum Gasteiger partial charge on any atom is -0.167 e. The second kappa shape index (κ2) is 3.37. The second-order valence-corrected chi connectivity index (χ2v) is 4.82. The summed E-state index contributed by atoms with van der Waals surface area (Å²) < 4.78 is 37.4. The van der Waals surface area contributed by atoms with E-state index in [2.05, 4.69) is 0 Å². The summed E-state index contributed by atoms with van der Waals surface area (Å²) in [7, 11) is 0. The van der Waals surface area contributed by atoms with E-state index >= 15 is 0 Å². The number of halogens is 3. The average molecular weight is 226 g/mol. The Labute approximate surface area is 92.8 Å². The molecule has 16 heavy (non-hydrogen) atoms. The molecule has 0 heterocycles. The van der Waals surface area contributed by atoms with Crippen molar-refractivity contribution in [3.63, 3.8) is 0 Å². The predicted octanol–water partition coefficient (Wildman–Crippen LogP) is 4.21. The van der Waals surface area contributed by atoms with Crippen LogP contribution in [0.5, 0.6) is 0 Å². The van der Waals surface area contributed by atoms with Gasteiger partial charge >= 0.3 is 6.18 Å². The Morgan fingerprint density at radius 3 is 2.44 bits per heavy atom. The van der Waals surface area contributed by atoms with Crippen LogP contribution in [-0.2, 0) is 6.42 Å². The molecule has 0 spiro atoms. The maximum absolute atomic E-state index is 12.5. The summed E-state index contributed by atoms with van der Waals surface area (Å²) in [6.07, 6.45) is -3.13. The minimum atomic E-state index is -4.25. The van der Waals surface area contributed by atoms with Crippen molar-refractivity contribution in [2.45, 2.75) is 26.4 Å². The van der Waals surface area contributed by atoms with Crippen LogP contribution in [0, 0.1) is 5.41 Å². The standard InChI is InChI=1S/C13H13F3/c1-12(2)7-9-5-3-4-6-10(9)11(12)8-13(14,15)16/h3-6,8H,7H2,1-2H3/b11-8+. The Bertz CT molecular complexity index is 439. The zero-order chi connectivity index (χ0) is 12.0. The molecule has 0 aromatic heterocycles. The normalized spacial score (nSPS) is 21.2. The molecule has 0 N–H and O–H groups in total. The Kier molecular flexibility index (Phi) is 2.37. The van der Waals surface area contributed by atoms with Gasteiger partial charge in [-0.3, -0.25) is 0 Å². The summed E-state index contributed by atoms with van der Waals surface area (Å²) in [4.78, 5) is 0. The van der Waals surface area contributed by atoms with E-state index in [-0.39, 0.29) is 0 Å². The molecular weight excluding hydrogens is 213 g/mol. The van der Waals surface area contributed by atoms with E-state index in [0.29, 0.717) is 18.1 Å². The Balaban J connectivity index is 2.56. The first-order valence-electron chi connectivity index (χ1n) is 5.18. The molecule has 1 aliphatic rings.